The van der Waals surface area contributed by atoms with Gasteiger partial charge < -0.3 is 53.5 Å². The predicted octanol–water partition coefficient (Wildman–Crippen LogP) is -5.14. The summed E-state index contributed by atoms with van der Waals surface area (Å²) >= 11 is 0. The number of carboxylic acids is 1. The Morgan fingerprint density at radius 2 is 1.62 bits per heavy atom. The van der Waals surface area contributed by atoms with Crippen molar-refractivity contribution in [3.05, 3.63) is 18.2 Å². The first-order chi connectivity index (χ1) is 16.1. The van der Waals surface area contributed by atoms with Gasteiger partial charge in [0.05, 0.1) is 19.5 Å². The van der Waals surface area contributed by atoms with E-state index in [4.69, 9.17) is 22.3 Å². The standard InChI is InChI=1S/C18H31N9O7/c19-10(6-28)14(30)25-11(2-1-3-23-18(20)21)15(31)27-13(7-29)16(32)26-12(17(33)34)4-9-5-22-8-24-9/h5,8,10-13,28-29H,1-4,6-7,19H2,(H,22,24)(H,25,30)(H,26,32)(H,27,31)(H,33,34)(H4,20,21,23). The molecular formula is C18H31N9O7. The van der Waals surface area contributed by atoms with Crippen LogP contribution in [0.3, 0.4) is 0 Å². The summed E-state index contributed by atoms with van der Waals surface area (Å²) in [6.07, 6.45) is 2.91. The van der Waals surface area contributed by atoms with Crippen molar-refractivity contribution in [2.45, 2.75) is 43.4 Å². The molecule has 0 aliphatic rings. The van der Waals surface area contributed by atoms with E-state index in [-0.39, 0.29) is 31.8 Å². The zero-order valence-electron chi connectivity index (χ0n) is 18.3. The maximum Gasteiger partial charge on any atom is 0.326 e. The second kappa shape index (κ2) is 14.4. The van der Waals surface area contributed by atoms with Crippen molar-refractivity contribution in [3.8, 4) is 0 Å². The molecule has 4 atom stereocenters. The Bertz CT molecular complexity index is 843. The van der Waals surface area contributed by atoms with E-state index in [2.05, 4.69) is 30.9 Å². The quantitative estimate of drug-likeness (QED) is 0.0636. The van der Waals surface area contributed by atoms with E-state index < -0.39 is 61.1 Å². The second-order valence-electron chi connectivity index (χ2n) is 7.22. The van der Waals surface area contributed by atoms with Crippen molar-refractivity contribution in [1.82, 2.24) is 25.9 Å². The van der Waals surface area contributed by atoms with Gasteiger partial charge in [-0.1, -0.05) is 0 Å². The number of hydrogen-bond acceptors (Lipinski definition) is 9. The third-order valence-corrected chi connectivity index (χ3v) is 4.52. The van der Waals surface area contributed by atoms with Crippen LogP contribution in [0, 0.1) is 0 Å². The van der Waals surface area contributed by atoms with E-state index in [1.807, 2.05) is 0 Å². The minimum atomic E-state index is -1.51. The molecule has 190 valence electrons. The van der Waals surface area contributed by atoms with Gasteiger partial charge in [-0.15, -0.1) is 0 Å². The normalized spacial score (nSPS) is 14.2. The molecule has 13 N–H and O–H groups in total. The number of aliphatic hydroxyl groups excluding tert-OH is 2. The number of nitrogens with one attached hydrogen (secondary N) is 4. The maximum absolute atomic E-state index is 12.7. The van der Waals surface area contributed by atoms with Crippen LogP contribution in [0.1, 0.15) is 18.5 Å². The molecule has 0 aromatic carbocycles. The lowest BCUT2D eigenvalue weighted by atomic mass is 10.1. The van der Waals surface area contributed by atoms with Crippen LogP contribution < -0.4 is 33.2 Å². The molecule has 1 rings (SSSR count). The molecule has 0 aliphatic carbocycles. The summed E-state index contributed by atoms with van der Waals surface area (Å²) in [5.74, 6) is -4.13. The van der Waals surface area contributed by atoms with E-state index in [0.717, 1.165) is 0 Å². The third-order valence-electron chi connectivity index (χ3n) is 4.52. The number of guanidine groups is 1. The van der Waals surface area contributed by atoms with Crippen molar-refractivity contribution in [1.29, 1.82) is 0 Å². The molecule has 1 heterocycles. The predicted molar refractivity (Wildman–Crippen MR) is 118 cm³/mol. The van der Waals surface area contributed by atoms with Crippen LogP contribution in [0.4, 0.5) is 0 Å². The Labute approximate surface area is 194 Å². The average molecular weight is 486 g/mol. The highest BCUT2D eigenvalue weighted by Gasteiger charge is 2.30. The topological polar surface area (TPSA) is 284 Å². The number of nitrogens with two attached hydrogens (primary N) is 3. The third kappa shape index (κ3) is 9.80. The van der Waals surface area contributed by atoms with Gasteiger partial charge in [0.15, 0.2) is 5.96 Å². The van der Waals surface area contributed by atoms with Crippen molar-refractivity contribution in [2.75, 3.05) is 19.8 Å². The van der Waals surface area contributed by atoms with Gasteiger partial charge in [-0.3, -0.25) is 19.4 Å². The molecule has 0 spiro atoms. The number of H-pyrrole nitrogens is 1. The summed E-state index contributed by atoms with van der Waals surface area (Å²) in [5.41, 5.74) is 16.4. The zero-order chi connectivity index (χ0) is 25.7. The number of aromatic nitrogens is 2. The van der Waals surface area contributed by atoms with Crippen LogP contribution in [-0.2, 0) is 25.6 Å². The molecule has 4 unspecified atom stereocenters. The monoisotopic (exact) mass is 485 g/mol. The van der Waals surface area contributed by atoms with E-state index in [1.54, 1.807) is 0 Å². The first-order valence-electron chi connectivity index (χ1n) is 10.2. The van der Waals surface area contributed by atoms with E-state index in [0.29, 0.717) is 5.69 Å². The first kappa shape index (κ1) is 28.3. The highest BCUT2D eigenvalue weighted by atomic mass is 16.4. The van der Waals surface area contributed by atoms with Crippen molar-refractivity contribution < 1.29 is 34.5 Å². The number of imidazole rings is 1. The van der Waals surface area contributed by atoms with E-state index in [9.17, 15) is 29.4 Å². The summed E-state index contributed by atoms with van der Waals surface area (Å²) in [4.78, 5) is 59.1. The number of rotatable bonds is 15. The highest BCUT2D eigenvalue weighted by molar-refractivity contribution is 5.94. The van der Waals surface area contributed by atoms with Crippen LogP contribution in [0.2, 0.25) is 0 Å². The molecule has 16 nitrogen and oxygen atoms in total. The van der Waals surface area contributed by atoms with Crippen molar-refractivity contribution in [2.24, 2.45) is 22.2 Å². The van der Waals surface area contributed by atoms with Gasteiger partial charge in [-0.05, 0) is 12.8 Å². The van der Waals surface area contributed by atoms with Gasteiger partial charge in [0, 0.05) is 24.9 Å². The molecule has 3 amide bonds. The van der Waals surface area contributed by atoms with Gasteiger partial charge in [-0.2, -0.15) is 0 Å². The molecule has 0 saturated carbocycles. The van der Waals surface area contributed by atoms with Crippen LogP contribution in [-0.4, -0.2) is 98.9 Å². The maximum atomic E-state index is 12.7. The molecule has 0 saturated heterocycles. The lowest BCUT2D eigenvalue weighted by Gasteiger charge is -2.24. The molecule has 1 aromatic rings. The van der Waals surface area contributed by atoms with Crippen LogP contribution in [0.5, 0.6) is 0 Å². The molecular weight excluding hydrogens is 454 g/mol. The largest absolute Gasteiger partial charge is 0.480 e. The molecule has 0 aliphatic heterocycles. The molecule has 0 fully saturated rings. The van der Waals surface area contributed by atoms with Crippen molar-refractivity contribution in [3.63, 3.8) is 0 Å². The molecule has 1 aromatic heterocycles. The van der Waals surface area contributed by atoms with Crippen LogP contribution >= 0.6 is 0 Å². The number of aliphatic carboxylic acids is 1. The minimum absolute atomic E-state index is 0.0316. The Morgan fingerprint density at radius 3 is 2.15 bits per heavy atom. The number of aliphatic imine (C=N–C) groups is 1. The number of amides is 3. The highest BCUT2D eigenvalue weighted by Crippen LogP contribution is 2.03. The average Bonchev–Trinajstić information content (AvgIpc) is 3.30. The van der Waals surface area contributed by atoms with Crippen molar-refractivity contribution >= 4 is 29.7 Å². The second-order valence-corrected chi connectivity index (χ2v) is 7.22. The molecule has 0 bridgehead atoms. The lowest BCUT2D eigenvalue weighted by Crippen LogP contribution is -2.58. The fourth-order valence-electron chi connectivity index (χ4n) is 2.69. The molecule has 16 heteroatoms. The van der Waals surface area contributed by atoms with Crippen LogP contribution in [0.15, 0.2) is 17.5 Å². The SMILES string of the molecule is NC(N)=NCCCC(NC(=O)C(N)CO)C(=O)NC(CO)C(=O)NC(Cc1cnc[nH]1)C(=O)O. The molecule has 34 heavy (non-hydrogen) atoms. The van der Waals surface area contributed by atoms with Gasteiger partial charge in [0.25, 0.3) is 0 Å². The number of aliphatic hydroxyl groups is 2. The van der Waals surface area contributed by atoms with Gasteiger partial charge >= 0.3 is 5.97 Å². The van der Waals surface area contributed by atoms with E-state index in [1.165, 1.54) is 12.5 Å². The number of carbonyl (C=O) groups is 4. The summed E-state index contributed by atoms with van der Waals surface area (Å²) in [7, 11) is 0. The molecule has 0 radical (unpaired) electrons. The Balaban J connectivity index is 2.85. The Hall–Kier alpha value is -3.76. The van der Waals surface area contributed by atoms with Gasteiger partial charge in [0.1, 0.15) is 24.2 Å². The number of hydrogen-bond donors (Lipinski definition) is 10. The first-order valence-corrected chi connectivity index (χ1v) is 10.2. The number of aromatic amines is 1. The fourth-order valence-corrected chi connectivity index (χ4v) is 2.69. The summed E-state index contributed by atoms with van der Waals surface area (Å²) in [5, 5.41) is 34.9. The van der Waals surface area contributed by atoms with Gasteiger partial charge in [0.2, 0.25) is 17.7 Å². The smallest absolute Gasteiger partial charge is 0.326 e. The summed E-state index contributed by atoms with van der Waals surface area (Å²) < 4.78 is 0. The zero-order valence-corrected chi connectivity index (χ0v) is 18.3. The summed E-state index contributed by atoms with van der Waals surface area (Å²) in [6, 6.07) is -5.37. The number of carboxylic acid groups (broad SMARTS) is 1. The lowest BCUT2D eigenvalue weighted by molar-refractivity contribution is -0.142. The van der Waals surface area contributed by atoms with E-state index >= 15 is 0 Å². The Morgan fingerprint density at radius 1 is 1.00 bits per heavy atom. The number of carbonyl (C=O) groups excluding carboxylic acids is 3. The minimum Gasteiger partial charge on any atom is -0.480 e. The summed E-state index contributed by atoms with van der Waals surface area (Å²) in [6.45, 7) is -1.37. The van der Waals surface area contributed by atoms with Crippen LogP contribution in [0.25, 0.3) is 0 Å². The Kier molecular flexibility index (Phi) is 12.0. The fraction of sp³-hybridized carbons (Fsp3) is 0.556. The van der Waals surface area contributed by atoms with Gasteiger partial charge in [-0.25, -0.2) is 9.78 Å². The number of nitrogens with zero attached hydrogens (tertiary/aromatic N) is 2.